The normalized spacial score (nSPS) is 23.9. The third-order valence-electron chi connectivity index (χ3n) is 4.63. The van der Waals surface area contributed by atoms with Gasteiger partial charge in [0.15, 0.2) is 0 Å². The first kappa shape index (κ1) is 16.0. The molecule has 5 heteroatoms. The van der Waals surface area contributed by atoms with Gasteiger partial charge in [-0.1, -0.05) is 13.8 Å². The molecule has 0 amide bonds. The Bertz CT molecular complexity index is 457. The molecule has 1 fully saturated rings. The van der Waals surface area contributed by atoms with Gasteiger partial charge in [-0.05, 0) is 43.4 Å². The van der Waals surface area contributed by atoms with Crippen molar-refractivity contribution < 1.29 is 14.6 Å². The number of aliphatic hydroxyl groups excluding tert-OH is 1. The highest BCUT2D eigenvalue weighted by Gasteiger charge is 2.31. The molecule has 0 saturated heterocycles. The molecule has 1 aromatic rings. The molecular weight excluding hydrogens is 268 g/mol. The van der Waals surface area contributed by atoms with Crippen LogP contribution < -0.4 is 9.47 Å². The molecule has 1 aliphatic carbocycles. The smallest absolute Gasteiger partial charge is 0.241 e. The second kappa shape index (κ2) is 7.07. The fraction of sp³-hybridized carbons (Fsp3) is 0.750. The van der Waals surface area contributed by atoms with Gasteiger partial charge in [-0.3, -0.25) is 0 Å². The molecule has 1 heterocycles. The Kier molecular flexibility index (Phi) is 5.39. The summed E-state index contributed by atoms with van der Waals surface area (Å²) in [4.78, 5) is 8.49. The number of hydrogen-bond donors (Lipinski definition) is 1. The Balaban J connectivity index is 2.08. The summed E-state index contributed by atoms with van der Waals surface area (Å²) < 4.78 is 10.3. The van der Waals surface area contributed by atoms with Crippen molar-refractivity contribution in [1.29, 1.82) is 0 Å². The molecule has 21 heavy (non-hydrogen) atoms. The first-order valence-electron chi connectivity index (χ1n) is 7.69. The molecule has 0 aromatic carbocycles. The molecule has 0 spiro atoms. The van der Waals surface area contributed by atoms with E-state index < -0.39 is 6.10 Å². The summed E-state index contributed by atoms with van der Waals surface area (Å²) >= 11 is 0. The van der Waals surface area contributed by atoms with Crippen LogP contribution in [0.15, 0.2) is 6.20 Å². The van der Waals surface area contributed by atoms with Crippen LogP contribution in [-0.4, -0.2) is 29.3 Å². The van der Waals surface area contributed by atoms with Gasteiger partial charge < -0.3 is 14.6 Å². The third-order valence-corrected chi connectivity index (χ3v) is 4.63. The maximum atomic E-state index is 10.6. The summed E-state index contributed by atoms with van der Waals surface area (Å²) in [5.74, 6) is 2.48. The van der Waals surface area contributed by atoms with Gasteiger partial charge in [-0.15, -0.1) is 0 Å². The standard InChI is InChI=1S/C16H26N2O3/c1-10(2)11-5-7-12(8-6-11)15(19)14-16(21-4)18-13(20-3)9-17-14/h9-12,15,19H,5-8H2,1-4H3. The van der Waals surface area contributed by atoms with Crippen LogP contribution in [0.3, 0.4) is 0 Å². The quantitative estimate of drug-likeness (QED) is 0.904. The van der Waals surface area contributed by atoms with Crippen LogP contribution in [0.5, 0.6) is 11.8 Å². The summed E-state index contributed by atoms with van der Waals surface area (Å²) in [5.41, 5.74) is 0.520. The lowest BCUT2D eigenvalue weighted by molar-refractivity contribution is 0.0609. The van der Waals surface area contributed by atoms with Crippen LogP contribution in [0.1, 0.15) is 51.3 Å². The zero-order chi connectivity index (χ0) is 15.4. The minimum Gasteiger partial charge on any atom is -0.480 e. The van der Waals surface area contributed by atoms with Crippen molar-refractivity contribution in [2.45, 2.75) is 45.6 Å². The highest BCUT2D eigenvalue weighted by Crippen LogP contribution is 2.40. The maximum absolute atomic E-state index is 10.6. The summed E-state index contributed by atoms with van der Waals surface area (Å²) in [5, 5.41) is 10.6. The second-order valence-corrected chi connectivity index (χ2v) is 6.17. The van der Waals surface area contributed by atoms with Crippen molar-refractivity contribution in [2.24, 2.45) is 17.8 Å². The molecule has 118 valence electrons. The van der Waals surface area contributed by atoms with Crippen molar-refractivity contribution in [1.82, 2.24) is 9.97 Å². The third kappa shape index (κ3) is 3.64. The number of nitrogens with zero attached hydrogens (tertiary/aromatic N) is 2. The molecule has 1 saturated carbocycles. The zero-order valence-corrected chi connectivity index (χ0v) is 13.4. The van der Waals surface area contributed by atoms with E-state index in [1.807, 2.05) is 0 Å². The first-order chi connectivity index (χ1) is 10.1. The van der Waals surface area contributed by atoms with E-state index in [1.165, 1.54) is 33.3 Å². The Labute approximate surface area is 126 Å². The van der Waals surface area contributed by atoms with Gasteiger partial charge in [0.25, 0.3) is 0 Å². The number of rotatable bonds is 5. The van der Waals surface area contributed by atoms with Crippen molar-refractivity contribution in [3.05, 3.63) is 11.9 Å². The summed E-state index contributed by atoms with van der Waals surface area (Å²) in [6.45, 7) is 4.55. The zero-order valence-electron chi connectivity index (χ0n) is 13.4. The topological polar surface area (TPSA) is 64.5 Å². The largest absolute Gasteiger partial charge is 0.480 e. The van der Waals surface area contributed by atoms with Gasteiger partial charge >= 0.3 is 0 Å². The summed E-state index contributed by atoms with van der Waals surface area (Å²) in [7, 11) is 3.07. The number of aromatic nitrogens is 2. The molecule has 1 N–H and O–H groups in total. The lowest BCUT2D eigenvalue weighted by Crippen LogP contribution is -2.24. The summed E-state index contributed by atoms with van der Waals surface area (Å²) in [6.07, 6.45) is 5.31. The monoisotopic (exact) mass is 294 g/mol. The van der Waals surface area contributed by atoms with Gasteiger partial charge in [-0.2, -0.15) is 4.98 Å². The van der Waals surface area contributed by atoms with Gasteiger partial charge in [0.1, 0.15) is 11.8 Å². The molecule has 5 nitrogen and oxygen atoms in total. The number of hydrogen-bond acceptors (Lipinski definition) is 5. The van der Waals surface area contributed by atoms with E-state index in [-0.39, 0.29) is 5.92 Å². The highest BCUT2D eigenvalue weighted by atomic mass is 16.5. The van der Waals surface area contributed by atoms with Crippen molar-refractivity contribution in [2.75, 3.05) is 14.2 Å². The molecule has 0 radical (unpaired) electrons. The fourth-order valence-electron chi connectivity index (χ4n) is 3.17. The average molecular weight is 294 g/mol. The van der Waals surface area contributed by atoms with E-state index in [2.05, 4.69) is 23.8 Å². The number of ether oxygens (including phenoxy) is 2. The van der Waals surface area contributed by atoms with Crippen LogP contribution in [0.2, 0.25) is 0 Å². The molecular formula is C16H26N2O3. The first-order valence-corrected chi connectivity index (χ1v) is 7.69. The predicted molar refractivity (Wildman–Crippen MR) is 80.4 cm³/mol. The summed E-state index contributed by atoms with van der Waals surface area (Å²) in [6, 6.07) is 0. The van der Waals surface area contributed by atoms with E-state index in [4.69, 9.17) is 9.47 Å². The van der Waals surface area contributed by atoms with Crippen LogP contribution >= 0.6 is 0 Å². The molecule has 0 aliphatic heterocycles. The van der Waals surface area contributed by atoms with E-state index in [0.717, 1.165) is 24.7 Å². The Morgan fingerprint density at radius 1 is 1.10 bits per heavy atom. The molecule has 1 unspecified atom stereocenters. The van der Waals surface area contributed by atoms with Crippen molar-refractivity contribution in [3.8, 4) is 11.8 Å². The Hall–Kier alpha value is -1.36. The van der Waals surface area contributed by atoms with E-state index in [0.29, 0.717) is 17.5 Å². The lowest BCUT2D eigenvalue weighted by atomic mass is 9.75. The van der Waals surface area contributed by atoms with Gasteiger partial charge in [0.2, 0.25) is 11.8 Å². The fourth-order valence-corrected chi connectivity index (χ4v) is 3.17. The lowest BCUT2D eigenvalue weighted by Gasteiger charge is -2.33. The maximum Gasteiger partial charge on any atom is 0.241 e. The van der Waals surface area contributed by atoms with Gasteiger partial charge in [-0.25, -0.2) is 4.98 Å². The van der Waals surface area contributed by atoms with Gasteiger partial charge in [0.05, 0.1) is 20.4 Å². The van der Waals surface area contributed by atoms with Gasteiger partial charge in [0, 0.05) is 0 Å². The van der Waals surface area contributed by atoms with Crippen molar-refractivity contribution in [3.63, 3.8) is 0 Å². The molecule has 1 aliphatic rings. The Morgan fingerprint density at radius 3 is 2.24 bits per heavy atom. The minimum atomic E-state index is -0.619. The van der Waals surface area contributed by atoms with Crippen LogP contribution in [-0.2, 0) is 0 Å². The van der Waals surface area contributed by atoms with E-state index >= 15 is 0 Å². The SMILES string of the molecule is COc1cnc(C(O)C2CCC(C(C)C)CC2)c(OC)n1. The number of methoxy groups -OCH3 is 2. The molecule has 0 bridgehead atoms. The van der Waals surface area contributed by atoms with Crippen LogP contribution in [0, 0.1) is 17.8 Å². The molecule has 1 aromatic heterocycles. The number of aliphatic hydroxyl groups is 1. The Morgan fingerprint density at radius 2 is 1.71 bits per heavy atom. The predicted octanol–water partition coefficient (Wildman–Crippen LogP) is 2.99. The molecule has 1 atom stereocenters. The van der Waals surface area contributed by atoms with E-state index in [1.54, 1.807) is 0 Å². The van der Waals surface area contributed by atoms with Crippen molar-refractivity contribution >= 4 is 0 Å². The minimum absolute atomic E-state index is 0.233. The second-order valence-electron chi connectivity index (χ2n) is 6.17. The average Bonchev–Trinajstić information content (AvgIpc) is 2.53. The van der Waals surface area contributed by atoms with Crippen LogP contribution in [0.25, 0.3) is 0 Å². The van der Waals surface area contributed by atoms with E-state index in [9.17, 15) is 5.11 Å². The highest BCUT2D eigenvalue weighted by molar-refractivity contribution is 5.25. The molecule has 2 rings (SSSR count). The van der Waals surface area contributed by atoms with Crippen LogP contribution in [0.4, 0.5) is 0 Å².